The predicted octanol–water partition coefficient (Wildman–Crippen LogP) is 6.83. The van der Waals surface area contributed by atoms with Crippen molar-refractivity contribution in [2.45, 2.75) is 57.2 Å². The normalized spacial score (nSPS) is 18.8. The van der Waals surface area contributed by atoms with E-state index in [1.165, 1.54) is 0 Å². The maximum absolute atomic E-state index is 12.9. The van der Waals surface area contributed by atoms with Crippen LogP contribution in [0.25, 0.3) is 0 Å². The predicted molar refractivity (Wildman–Crippen MR) is 142 cm³/mol. The number of esters is 1. The largest absolute Gasteiger partial charge is 0.454 e. The number of Topliss-reactive ketones (excluding diaryl/α,β-unsaturated/α-hetero) is 1. The molecule has 0 radical (unpaired) electrons. The molecule has 4 rings (SSSR count). The lowest BCUT2D eigenvalue weighted by Crippen LogP contribution is -2.45. The Morgan fingerprint density at radius 2 is 1.46 bits per heavy atom. The molecule has 0 saturated carbocycles. The Hall–Kier alpha value is -2.95. The molecule has 0 spiro atoms. The number of benzene rings is 3. The van der Waals surface area contributed by atoms with Gasteiger partial charge < -0.3 is 4.74 Å². The van der Waals surface area contributed by atoms with Crippen LogP contribution in [0.3, 0.4) is 0 Å². The summed E-state index contributed by atoms with van der Waals surface area (Å²) in [6.45, 7) is 2.00. The fourth-order valence-electron chi connectivity index (χ4n) is 4.83. The maximum atomic E-state index is 12.9. The van der Waals surface area contributed by atoms with Crippen LogP contribution in [0.4, 0.5) is 0 Å². The van der Waals surface area contributed by atoms with Gasteiger partial charge in [0.05, 0.1) is 5.56 Å². The summed E-state index contributed by atoms with van der Waals surface area (Å²) in [5.41, 5.74) is 3.44. The first-order valence-corrected chi connectivity index (χ1v) is 12.1. The quantitative estimate of drug-likeness (QED) is 0.256. The zero-order chi connectivity index (χ0) is 23.9. The molecule has 3 atom stereocenters. The second kappa shape index (κ2) is 12.7. The van der Waals surface area contributed by atoms with Crippen LogP contribution in [0.15, 0.2) is 84.9 Å². The lowest BCUT2D eigenvalue weighted by atomic mass is 9.88. The number of hydrogen-bond donors (Lipinski definition) is 0. The van der Waals surface area contributed by atoms with Gasteiger partial charge in [0.15, 0.2) is 5.78 Å². The van der Waals surface area contributed by atoms with Crippen molar-refractivity contribution in [2.75, 3.05) is 7.05 Å². The van der Waals surface area contributed by atoms with Gasteiger partial charge in [-0.05, 0) is 44.5 Å². The highest BCUT2D eigenvalue weighted by Crippen LogP contribution is 2.33. The number of piperidine rings is 1. The molecule has 0 N–H and O–H groups in total. The Morgan fingerprint density at radius 1 is 0.857 bits per heavy atom. The molecule has 1 fully saturated rings. The third-order valence-corrected chi connectivity index (χ3v) is 6.94. The van der Waals surface area contributed by atoms with E-state index in [-0.39, 0.29) is 42.3 Å². The van der Waals surface area contributed by atoms with E-state index < -0.39 is 0 Å². The fraction of sp³-hybridized carbons (Fsp3) is 0.333. The van der Waals surface area contributed by atoms with Crippen molar-refractivity contribution < 1.29 is 14.3 Å². The molecule has 184 valence electrons. The average molecular weight is 492 g/mol. The smallest absolute Gasteiger partial charge is 0.338 e. The van der Waals surface area contributed by atoms with Crippen LogP contribution in [-0.4, -0.2) is 35.8 Å². The molecule has 5 heteroatoms. The third-order valence-electron chi connectivity index (χ3n) is 6.94. The van der Waals surface area contributed by atoms with E-state index in [9.17, 15) is 9.59 Å². The minimum atomic E-state index is -0.342. The van der Waals surface area contributed by atoms with E-state index in [1.807, 2.05) is 91.9 Å². The summed E-state index contributed by atoms with van der Waals surface area (Å²) in [6.07, 6.45) is 3.97. The number of carbonyl (C=O) groups excluding carboxylic acids is 2. The van der Waals surface area contributed by atoms with E-state index in [4.69, 9.17) is 4.74 Å². The van der Waals surface area contributed by atoms with Gasteiger partial charge in [-0.25, -0.2) is 4.79 Å². The van der Waals surface area contributed by atoms with Crippen molar-refractivity contribution >= 4 is 24.2 Å². The Kier molecular flexibility index (Phi) is 9.64. The van der Waals surface area contributed by atoms with Crippen LogP contribution in [0.2, 0.25) is 0 Å². The highest BCUT2D eigenvalue weighted by molar-refractivity contribution is 5.96. The van der Waals surface area contributed by atoms with Gasteiger partial charge in [0.2, 0.25) is 0 Å². The highest BCUT2D eigenvalue weighted by Gasteiger charge is 2.32. The van der Waals surface area contributed by atoms with Gasteiger partial charge >= 0.3 is 5.97 Å². The molecule has 3 aromatic rings. The molecule has 1 aliphatic heterocycles. The van der Waals surface area contributed by atoms with Crippen LogP contribution in [0.5, 0.6) is 0 Å². The van der Waals surface area contributed by atoms with Crippen molar-refractivity contribution in [3.8, 4) is 0 Å². The zero-order valence-corrected chi connectivity index (χ0v) is 21.2. The summed E-state index contributed by atoms with van der Waals surface area (Å²) in [5, 5.41) is 0. The van der Waals surface area contributed by atoms with Crippen molar-refractivity contribution in [2.24, 2.45) is 0 Å². The number of rotatable bonds is 8. The van der Waals surface area contributed by atoms with Crippen molar-refractivity contribution in [1.29, 1.82) is 0 Å². The molecular formula is C30H34ClNO3. The molecule has 35 heavy (non-hydrogen) atoms. The van der Waals surface area contributed by atoms with Crippen LogP contribution in [-0.2, 0) is 4.74 Å². The monoisotopic (exact) mass is 491 g/mol. The minimum Gasteiger partial charge on any atom is -0.454 e. The second-order valence-electron chi connectivity index (χ2n) is 9.30. The number of ether oxygens (including phenoxy) is 1. The number of nitrogens with zero attached hydrogens (tertiary/aromatic N) is 1. The van der Waals surface area contributed by atoms with Crippen LogP contribution < -0.4 is 0 Å². The number of likely N-dealkylation sites (tertiary alicyclic amines) is 1. The lowest BCUT2D eigenvalue weighted by Gasteiger charge is -2.40. The highest BCUT2D eigenvalue weighted by atomic mass is 35.5. The summed E-state index contributed by atoms with van der Waals surface area (Å²) in [6, 6.07) is 27.4. The molecule has 4 nitrogen and oxygen atoms in total. The fourth-order valence-corrected chi connectivity index (χ4v) is 4.83. The average Bonchev–Trinajstić information content (AvgIpc) is 2.87. The lowest BCUT2D eigenvalue weighted by molar-refractivity contribution is 0.0116. The van der Waals surface area contributed by atoms with Gasteiger partial charge in [-0.1, -0.05) is 84.8 Å². The van der Waals surface area contributed by atoms with E-state index >= 15 is 0 Å². The molecule has 0 aliphatic carbocycles. The van der Waals surface area contributed by atoms with Gasteiger partial charge in [0.1, 0.15) is 6.10 Å². The first kappa shape index (κ1) is 26.7. The maximum Gasteiger partial charge on any atom is 0.338 e. The number of halogens is 1. The molecule has 0 aromatic heterocycles. The zero-order valence-electron chi connectivity index (χ0n) is 20.4. The number of carbonyl (C=O) groups is 2. The Labute approximate surface area is 214 Å². The molecule has 3 unspecified atom stereocenters. The van der Waals surface area contributed by atoms with Gasteiger partial charge in [-0.15, -0.1) is 12.4 Å². The van der Waals surface area contributed by atoms with Crippen LogP contribution >= 0.6 is 12.4 Å². The SMILES string of the molecule is Cc1ccc(C(=O)OC(CC2CCCC(CC(=O)c3ccccc3)N2C)c2ccccc2)cc1.Cl. The molecule has 1 heterocycles. The Balaban J connectivity index is 0.00000342. The molecule has 1 aliphatic rings. The molecule has 0 amide bonds. The van der Waals surface area contributed by atoms with Crippen molar-refractivity contribution in [1.82, 2.24) is 4.90 Å². The van der Waals surface area contributed by atoms with Gasteiger partial charge in [0.25, 0.3) is 0 Å². The summed E-state index contributed by atoms with van der Waals surface area (Å²) in [7, 11) is 2.11. The van der Waals surface area contributed by atoms with Crippen molar-refractivity contribution in [3.63, 3.8) is 0 Å². The van der Waals surface area contributed by atoms with Gasteiger partial charge in [-0.2, -0.15) is 0 Å². The first-order valence-electron chi connectivity index (χ1n) is 12.1. The van der Waals surface area contributed by atoms with Crippen molar-refractivity contribution in [3.05, 3.63) is 107 Å². The first-order chi connectivity index (χ1) is 16.5. The summed E-state index contributed by atoms with van der Waals surface area (Å²) in [5.74, 6) is -0.119. The standard InChI is InChI=1S/C30H33NO3.ClH/c1-22-16-18-25(19-17-22)30(33)34-29(24-12-7-4-8-13-24)21-27-15-9-14-26(31(27)2)20-28(32)23-10-5-3-6-11-23;/h3-8,10-13,16-19,26-27,29H,9,14-15,20-21H2,1-2H3;1H. The van der Waals surface area contributed by atoms with E-state index in [1.54, 1.807) is 0 Å². The Morgan fingerprint density at radius 3 is 2.11 bits per heavy atom. The third kappa shape index (κ3) is 7.03. The minimum absolute atomic E-state index is 0. The molecule has 3 aromatic carbocycles. The number of ketones is 1. The van der Waals surface area contributed by atoms with E-state index in [0.717, 1.165) is 36.0 Å². The summed E-state index contributed by atoms with van der Waals surface area (Å²) in [4.78, 5) is 28.1. The second-order valence-corrected chi connectivity index (χ2v) is 9.30. The van der Waals surface area contributed by atoms with Gasteiger partial charge in [0, 0.05) is 30.5 Å². The molecule has 1 saturated heterocycles. The summed E-state index contributed by atoms with van der Waals surface area (Å²) >= 11 is 0. The summed E-state index contributed by atoms with van der Waals surface area (Å²) < 4.78 is 6.07. The number of hydrogen-bond acceptors (Lipinski definition) is 4. The van der Waals surface area contributed by atoms with E-state index in [0.29, 0.717) is 18.4 Å². The van der Waals surface area contributed by atoms with Gasteiger partial charge in [-0.3, -0.25) is 9.69 Å². The topological polar surface area (TPSA) is 46.6 Å². The number of aryl methyl sites for hydroxylation is 1. The van der Waals surface area contributed by atoms with E-state index in [2.05, 4.69) is 11.9 Å². The Bertz CT molecular complexity index is 1090. The van der Waals surface area contributed by atoms with Crippen LogP contribution in [0, 0.1) is 6.92 Å². The molecule has 0 bridgehead atoms. The molecular weight excluding hydrogens is 458 g/mol. The van der Waals surface area contributed by atoms with Crippen LogP contribution in [0.1, 0.15) is 70.1 Å².